The van der Waals surface area contributed by atoms with Crippen LogP contribution in [-0.4, -0.2) is 12.7 Å². The van der Waals surface area contributed by atoms with E-state index >= 15 is 0 Å². The van der Waals surface area contributed by atoms with E-state index < -0.39 is 0 Å². The molecule has 0 saturated heterocycles. The number of fused-ring (bicyclic) bond motifs is 1. The van der Waals surface area contributed by atoms with Crippen molar-refractivity contribution in [2.24, 2.45) is 0 Å². The molecule has 0 fully saturated rings. The minimum absolute atomic E-state index is 0.0496. The number of rotatable bonds is 6. The van der Waals surface area contributed by atoms with Gasteiger partial charge in [-0.3, -0.25) is 4.79 Å². The molecule has 5 nitrogen and oxygen atoms in total. The van der Waals surface area contributed by atoms with Crippen LogP contribution in [0.1, 0.15) is 25.3 Å². The Balaban J connectivity index is 1.55. The van der Waals surface area contributed by atoms with Crippen LogP contribution in [0.4, 0.5) is 11.4 Å². The molecule has 1 aliphatic heterocycles. The number of nitrogens with one attached hydrogen (secondary N) is 2. The summed E-state index contributed by atoms with van der Waals surface area (Å²) >= 11 is 0. The van der Waals surface area contributed by atoms with Crippen LogP contribution in [0.5, 0.6) is 11.5 Å². The van der Waals surface area contributed by atoms with Crippen molar-refractivity contribution in [1.29, 1.82) is 0 Å². The molecule has 3 rings (SSSR count). The summed E-state index contributed by atoms with van der Waals surface area (Å²) in [5.41, 5.74) is 2.93. The highest BCUT2D eigenvalue weighted by Crippen LogP contribution is 2.32. The van der Waals surface area contributed by atoms with Crippen molar-refractivity contribution in [1.82, 2.24) is 0 Å². The van der Waals surface area contributed by atoms with Crippen molar-refractivity contribution in [3.63, 3.8) is 0 Å². The van der Waals surface area contributed by atoms with Gasteiger partial charge in [0.05, 0.1) is 0 Å². The fourth-order valence-electron chi connectivity index (χ4n) is 2.38. The van der Waals surface area contributed by atoms with E-state index in [-0.39, 0.29) is 12.7 Å². The van der Waals surface area contributed by atoms with Crippen molar-refractivity contribution >= 4 is 17.3 Å². The van der Waals surface area contributed by atoms with Gasteiger partial charge in [0.25, 0.3) is 0 Å². The molecular weight excluding hydrogens is 292 g/mol. The van der Waals surface area contributed by atoms with Gasteiger partial charge in [0.1, 0.15) is 0 Å². The Labute approximate surface area is 135 Å². The molecule has 1 heterocycles. The third-order valence-corrected chi connectivity index (χ3v) is 3.58. The van der Waals surface area contributed by atoms with Crippen molar-refractivity contribution < 1.29 is 14.3 Å². The van der Waals surface area contributed by atoms with E-state index in [4.69, 9.17) is 9.47 Å². The average Bonchev–Trinajstić information content (AvgIpc) is 3.02. The Kier molecular flexibility index (Phi) is 4.66. The highest BCUT2D eigenvalue weighted by atomic mass is 16.7. The van der Waals surface area contributed by atoms with Crippen LogP contribution >= 0.6 is 0 Å². The normalized spacial score (nSPS) is 12.0. The molecule has 0 aliphatic carbocycles. The molecule has 0 aromatic heterocycles. The minimum atomic E-state index is 0.0496. The first-order chi connectivity index (χ1) is 11.2. The standard InChI is InChI=1S/C18H20N2O3/c1-2-3-18(21)20-15-7-5-14(6-8-15)19-11-13-4-9-16-17(10-13)23-12-22-16/h4-10,19H,2-3,11-12H2,1H3,(H,20,21). The Morgan fingerprint density at radius 3 is 2.57 bits per heavy atom. The van der Waals surface area contributed by atoms with E-state index in [1.165, 1.54) is 0 Å². The van der Waals surface area contributed by atoms with E-state index in [9.17, 15) is 4.79 Å². The summed E-state index contributed by atoms with van der Waals surface area (Å²) in [6, 6.07) is 13.6. The number of carbonyl (C=O) groups is 1. The molecule has 2 aromatic rings. The van der Waals surface area contributed by atoms with E-state index in [0.29, 0.717) is 13.0 Å². The maximum Gasteiger partial charge on any atom is 0.231 e. The first kappa shape index (κ1) is 15.2. The number of anilines is 2. The van der Waals surface area contributed by atoms with Crippen LogP contribution in [0, 0.1) is 0 Å². The van der Waals surface area contributed by atoms with Gasteiger partial charge >= 0.3 is 0 Å². The van der Waals surface area contributed by atoms with Crippen LogP contribution in [0.2, 0.25) is 0 Å². The van der Waals surface area contributed by atoms with Gasteiger partial charge in [-0.15, -0.1) is 0 Å². The van der Waals surface area contributed by atoms with Crippen LogP contribution in [0.15, 0.2) is 42.5 Å². The molecule has 0 atom stereocenters. The second kappa shape index (κ2) is 7.05. The van der Waals surface area contributed by atoms with Crippen molar-refractivity contribution in [2.45, 2.75) is 26.3 Å². The number of amides is 1. The largest absolute Gasteiger partial charge is 0.454 e. The lowest BCUT2D eigenvalue weighted by atomic mass is 10.2. The maximum absolute atomic E-state index is 11.6. The highest BCUT2D eigenvalue weighted by molar-refractivity contribution is 5.90. The van der Waals surface area contributed by atoms with Crippen LogP contribution in [-0.2, 0) is 11.3 Å². The zero-order valence-corrected chi connectivity index (χ0v) is 13.1. The van der Waals surface area contributed by atoms with Gasteiger partial charge in [0, 0.05) is 24.3 Å². The topological polar surface area (TPSA) is 59.6 Å². The number of carbonyl (C=O) groups excluding carboxylic acids is 1. The number of hydrogen-bond acceptors (Lipinski definition) is 4. The second-order valence-corrected chi connectivity index (χ2v) is 5.42. The molecule has 2 aromatic carbocycles. The third-order valence-electron chi connectivity index (χ3n) is 3.58. The van der Waals surface area contributed by atoms with Crippen LogP contribution in [0.3, 0.4) is 0 Å². The second-order valence-electron chi connectivity index (χ2n) is 5.42. The first-order valence-electron chi connectivity index (χ1n) is 7.77. The van der Waals surface area contributed by atoms with E-state index in [1.807, 2.05) is 49.4 Å². The van der Waals surface area contributed by atoms with Crippen molar-refractivity contribution in [2.75, 3.05) is 17.4 Å². The average molecular weight is 312 g/mol. The number of ether oxygens (including phenoxy) is 2. The van der Waals surface area contributed by atoms with Crippen LogP contribution in [0.25, 0.3) is 0 Å². The molecular formula is C18H20N2O3. The molecule has 1 aliphatic rings. The lowest BCUT2D eigenvalue weighted by Gasteiger charge is -2.09. The molecule has 1 amide bonds. The van der Waals surface area contributed by atoms with E-state index in [2.05, 4.69) is 10.6 Å². The molecule has 0 saturated carbocycles. The molecule has 0 radical (unpaired) electrons. The Morgan fingerprint density at radius 1 is 1.04 bits per heavy atom. The highest BCUT2D eigenvalue weighted by Gasteiger charge is 2.12. The minimum Gasteiger partial charge on any atom is -0.454 e. The van der Waals surface area contributed by atoms with Gasteiger partial charge in [-0.1, -0.05) is 13.0 Å². The number of hydrogen-bond donors (Lipinski definition) is 2. The van der Waals surface area contributed by atoms with Gasteiger partial charge in [-0.25, -0.2) is 0 Å². The summed E-state index contributed by atoms with van der Waals surface area (Å²) in [5, 5.41) is 6.22. The van der Waals surface area contributed by atoms with Gasteiger partial charge in [0.15, 0.2) is 11.5 Å². The molecule has 5 heteroatoms. The zero-order chi connectivity index (χ0) is 16.1. The number of benzene rings is 2. The molecule has 2 N–H and O–H groups in total. The Bertz CT molecular complexity index is 683. The van der Waals surface area contributed by atoms with Gasteiger partial charge in [-0.05, 0) is 48.4 Å². The van der Waals surface area contributed by atoms with Gasteiger partial charge in [-0.2, -0.15) is 0 Å². The monoisotopic (exact) mass is 312 g/mol. The summed E-state index contributed by atoms with van der Waals surface area (Å²) in [5.74, 6) is 1.63. The van der Waals surface area contributed by atoms with E-state index in [0.717, 1.165) is 34.9 Å². The predicted octanol–water partition coefficient (Wildman–Crippen LogP) is 3.77. The fraction of sp³-hybridized carbons (Fsp3) is 0.278. The molecule has 0 unspecified atom stereocenters. The van der Waals surface area contributed by atoms with E-state index in [1.54, 1.807) is 0 Å². The first-order valence-corrected chi connectivity index (χ1v) is 7.77. The Morgan fingerprint density at radius 2 is 1.78 bits per heavy atom. The summed E-state index contributed by atoms with van der Waals surface area (Å²) < 4.78 is 10.7. The SMILES string of the molecule is CCCC(=O)Nc1ccc(NCc2ccc3c(c2)OCO3)cc1. The van der Waals surface area contributed by atoms with Crippen LogP contribution < -0.4 is 20.1 Å². The predicted molar refractivity (Wildman–Crippen MR) is 89.9 cm³/mol. The van der Waals surface area contributed by atoms with Gasteiger partial charge < -0.3 is 20.1 Å². The smallest absolute Gasteiger partial charge is 0.231 e. The lowest BCUT2D eigenvalue weighted by molar-refractivity contribution is -0.116. The summed E-state index contributed by atoms with van der Waals surface area (Å²) in [6.07, 6.45) is 1.39. The maximum atomic E-state index is 11.6. The zero-order valence-electron chi connectivity index (χ0n) is 13.1. The van der Waals surface area contributed by atoms with Gasteiger partial charge in [0.2, 0.25) is 12.7 Å². The quantitative estimate of drug-likeness (QED) is 0.852. The molecule has 0 bridgehead atoms. The van der Waals surface area contributed by atoms with Crippen molar-refractivity contribution in [3.8, 4) is 11.5 Å². The fourth-order valence-corrected chi connectivity index (χ4v) is 2.38. The lowest BCUT2D eigenvalue weighted by Crippen LogP contribution is -2.10. The molecule has 0 spiro atoms. The summed E-state index contributed by atoms with van der Waals surface area (Å²) in [6.45, 7) is 2.97. The Hall–Kier alpha value is -2.69. The summed E-state index contributed by atoms with van der Waals surface area (Å²) in [4.78, 5) is 11.6. The molecule has 120 valence electrons. The summed E-state index contributed by atoms with van der Waals surface area (Å²) in [7, 11) is 0. The van der Waals surface area contributed by atoms with Crippen molar-refractivity contribution in [3.05, 3.63) is 48.0 Å². The third kappa shape index (κ3) is 3.94. The molecule has 23 heavy (non-hydrogen) atoms.